The number of nitrogens with zero attached hydrogens (tertiary/aromatic N) is 1. The SMILES string of the molecule is COc1ccccc1CN1CCC2(C=Cc3ccccc32)CC1. The highest BCUT2D eigenvalue weighted by Gasteiger charge is 2.37. The van der Waals surface area contributed by atoms with Gasteiger partial charge in [-0.3, -0.25) is 4.90 Å². The van der Waals surface area contributed by atoms with E-state index in [0.717, 1.165) is 25.4 Å². The van der Waals surface area contributed by atoms with Crippen LogP contribution in [0.2, 0.25) is 0 Å². The number of para-hydroxylation sites is 1. The van der Waals surface area contributed by atoms with Crippen molar-refractivity contribution in [1.82, 2.24) is 4.90 Å². The van der Waals surface area contributed by atoms with Crippen molar-refractivity contribution >= 4 is 6.08 Å². The van der Waals surface area contributed by atoms with Crippen LogP contribution in [0.3, 0.4) is 0 Å². The third-order valence-electron chi connectivity index (χ3n) is 5.41. The molecule has 4 rings (SSSR count). The van der Waals surface area contributed by atoms with E-state index in [4.69, 9.17) is 4.74 Å². The Bertz CT molecular complexity index is 726. The highest BCUT2D eigenvalue weighted by molar-refractivity contribution is 5.65. The van der Waals surface area contributed by atoms with Gasteiger partial charge in [0.1, 0.15) is 5.75 Å². The van der Waals surface area contributed by atoms with Crippen molar-refractivity contribution in [3.63, 3.8) is 0 Å². The van der Waals surface area contributed by atoms with E-state index in [2.05, 4.69) is 59.5 Å². The number of methoxy groups -OCH3 is 1. The Morgan fingerprint density at radius 2 is 1.74 bits per heavy atom. The number of rotatable bonds is 3. The molecule has 1 fully saturated rings. The lowest BCUT2D eigenvalue weighted by Gasteiger charge is -2.39. The Kier molecular flexibility index (Phi) is 3.70. The van der Waals surface area contributed by atoms with Gasteiger partial charge in [-0.15, -0.1) is 0 Å². The van der Waals surface area contributed by atoms with Gasteiger partial charge in [-0.1, -0.05) is 54.6 Å². The van der Waals surface area contributed by atoms with E-state index in [1.165, 1.54) is 29.5 Å². The average molecular weight is 305 g/mol. The largest absolute Gasteiger partial charge is 0.496 e. The van der Waals surface area contributed by atoms with Gasteiger partial charge in [0, 0.05) is 17.5 Å². The highest BCUT2D eigenvalue weighted by Crippen LogP contribution is 2.43. The summed E-state index contributed by atoms with van der Waals surface area (Å²) in [7, 11) is 1.75. The van der Waals surface area contributed by atoms with Crippen molar-refractivity contribution in [1.29, 1.82) is 0 Å². The molecule has 1 aliphatic heterocycles. The quantitative estimate of drug-likeness (QED) is 0.840. The van der Waals surface area contributed by atoms with Gasteiger partial charge in [-0.25, -0.2) is 0 Å². The van der Waals surface area contributed by atoms with Crippen molar-refractivity contribution in [3.8, 4) is 5.75 Å². The van der Waals surface area contributed by atoms with E-state index in [-0.39, 0.29) is 5.41 Å². The third kappa shape index (κ3) is 2.57. The van der Waals surface area contributed by atoms with Crippen molar-refractivity contribution in [3.05, 3.63) is 71.3 Å². The summed E-state index contributed by atoms with van der Waals surface area (Å²) in [5, 5.41) is 0. The first-order valence-electron chi connectivity index (χ1n) is 8.44. The lowest BCUT2D eigenvalue weighted by molar-refractivity contribution is 0.175. The van der Waals surface area contributed by atoms with Crippen LogP contribution in [0.1, 0.15) is 29.5 Å². The van der Waals surface area contributed by atoms with Gasteiger partial charge >= 0.3 is 0 Å². The molecule has 1 aliphatic carbocycles. The molecule has 2 heteroatoms. The Hall–Kier alpha value is -2.06. The lowest BCUT2D eigenvalue weighted by Crippen LogP contribution is -2.40. The van der Waals surface area contributed by atoms with Gasteiger partial charge in [0.05, 0.1) is 7.11 Å². The number of ether oxygens (including phenoxy) is 1. The minimum absolute atomic E-state index is 0.272. The van der Waals surface area contributed by atoms with Crippen LogP contribution in [-0.2, 0) is 12.0 Å². The molecule has 2 aromatic carbocycles. The molecule has 23 heavy (non-hydrogen) atoms. The van der Waals surface area contributed by atoms with Crippen LogP contribution in [0.25, 0.3) is 6.08 Å². The number of likely N-dealkylation sites (tertiary alicyclic amines) is 1. The van der Waals surface area contributed by atoms with Crippen LogP contribution < -0.4 is 4.74 Å². The molecule has 2 aliphatic rings. The van der Waals surface area contributed by atoms with Crippen molar-refractivity contribution in [2.24, 2.45) is 0 Å². The smallest absolute Gasteiger partial charge is 0.123 e. The minimum Gasteiger partial charge on any atom is -0.496 e. The van der Waals surface area contributed by atoms with E-state index in [1.54, 1.807) is 7.11 Å². The summed E-state index contributed by atoms with van der Waals surface area (Å²) < 4.78 is 5.49. The van der Waals surface area contributed by atoms with E-state index in [9.17, 15) is 0 Å². The topological polar surface area (TPSA) is 12.5 Å². The van der Waals surface area contributed by atoms with Gasteiger partial charge in [-0.05, 0) is 43.1 Å². The second-order valence-corrected chi connectivity index (χ2v) is 6.66. The molecular weight excluding hydrogens is 282 g/mol. The molecule has 0 bridgehead atoms. The van der Waals surface area contributed by atoms with Crippen LogP contribution in [0.15, 0.2) is 54.6 Å². The van der Waals surface area contributed by atoms with Crippen molar-refractivity contribution < 1.29 is 4.74 Å². The summed E-state index contributed by atoms with van der Waals surface area (Å²) in [4.78, 5) is 2.55. The first-order valence-corrected chi connectivity index (χ1v) is 8.44. The molecule has 0 N–H and O–H groups in total. The van der Waals surface area contributed by atoms with E-state index in [1.807, 2.05) is 6.07 Å². The molecule has 2 nitrogen and oxygen atoms in total. The number of piperidine rings is 1. The molecular formula is C21H23NO. The number of hydrogen-bond donors (Lipinski definition) is 0. The fourth-order valence-electron chi connectivity index (χ4n) is 4.06. The fourth-order valence-corrected chi connectivity index (χ4v) is 4.06. The Morgan fingerprint density at radius 1 is 1.00 bits per heavy atom. The molecule has 118 valence electrons. The molecule has 0 atom stereocenters. The van der Waals surface area contributed by atoms with Crippen molar-refractivity contribution in [2.75, 3.05) is 20.2 Å². The lowest BCUT2D eigenvalue weighted by atomic mass is 9.74. The molecule has 1 spiro atoms. The standard InChI is InChI=1S/C21H23NO/c1-23-20-9-5-3-7-18(20)16-22-14-12-21(13-15-22)11-10-17-6-2-4-8-19(17)21/h2-11H,12-16H2,1H3. The summed E-state index contributed by atoms with van der Waals surface area (Å²) in [6, 6.07) is 17.2. The molecule has 0 unspecified atom stereocenters. The monoisotopic (exact) mass is 305 g/mol. The predicted molar refractivity (Wildman–Crippen MR) is 94.7 cm³/mol. The number of allylic oxidation sites excluding steroid dienone is 1. The normalized spacial score (nSPS) is 19.0. The maximum atomic E-state index is 5.49. The predicted octanol–water partition coefficient (Wildman–Crippen LogP) is 4.26. The molecule has 0 radical (unpaired) electrons. The zero-order valence-corrected chi connectivity index (χ0v) is 13.7. The second kappa shape index (κ2) is 5.86. The molecule has 0 amide bonds. The zero-order valence-electron chi connectivity index (χ0n) is 13.7. The first-order chi connectivity index (χ1) is 11.3. The summed E-state index contributed by atoms with van der Waals surface area (Å²) in [6.45, 7) is 3.25. The zero-order chi connectivity index (χ0) is 15.7. The third-order valence-corrected chi connectivity index (χ3v) is 5.41. The first kappa shape index (κ1) is 14.5. The summed E-state index contributed by atoms with van der Waals surface area (Å²) in [6.07, 6.45) is 7.16. The van der Waals surface area contributed by atoms with Gasteiger partial charge in [0.15, 0.2) is 0 Å². The van der Waals surface area contributed by atoms with Crippen LogP contribution in [0, 0.1) is 0 Å². The summed E-state index contributed by atoms with van der Waals surface area (Å²) >= 11 is 0. The van der Waals surface area contributed by atoms with E-state index < -0.39 is 0 Å². The van der Waals surface area contributed by atoms with Gasteiger partial charge in [0.25, 0.3) is 0 Å². The number of fused-ring (bicyclic) bond motifs is 2. The van der Waals surface area contributed by atoms with Crippen LogP contribution in [-0.4, -0.2) is 25.1 Å². The number of hydrogen-bond acceptors (Lipinski definition) is 2. The van der Waals surface area contributed by atoms with Crippen molar-refractivity contribution in [2.45, 2.75) is 24.8 Å². The summed E-state index contributed by atoms with van der Waals surface area (Å²) in [5.41, 5.74) is 4.49. The second-order valence-electron chi connectivity index (χ2n) is 6.66. The Labute approximate surface area is 138 Å². The fraction of sp³-hybridized carbons (Fsp3) is 0.333. The molecule has 2 aromatic rings. The van der Waals surface area contributed by atoms with Crippen LogP contribution >= 0.6 is 0 Å². The van der Waals surface area contributed by atoms with Crippen LogP contribution in [0.5, 0.6) is 5.75 Å². The van der Waals surface area contributed by atoms with Gasteiger partial charge in [0.2, 0.25) is 0 Å². The number of benzene rings is 2. The maximum absolute atomic E-state index is 5.49. The molecule has 0 saturated carbocycles. The molecule has 1 saturated heterocycles. The van der Waals surface area contributed by atoms with Gasteiger partial charge in [-0.2, -0.15) is 0 Å². The summed E-state index contributed by atoms with van der Waals surface area (Å²) in [5.74, 6) is 0.999. The Balaban J connectivity index is 1.47. The maximum Gasteiger partial charge on any atom is 0.123 e. The van der Waals surface area contributed by atoms with Gasteiger partial charge < -0.3 is 4.74 Å². The van der Waals surface area contributed by atoms with Crippen LogP contribution in [0.4, 0.5) is 0 Å². The molecule has 1 heterocycles. The highest BCUT2D eigenvalue weighted by atomic mass is 16.5. The average Bonchev–Trinajstić information content (AvgIpc) is 2.96. The van der Waals surface area contributed by atoms with E-state index in [0.29, 0.717) is 0 Å². The molecule has 0 aromatic heterocycles. The Morgan fingerprint density at radius 3 is 2.57 bits per heavy atom. The minimum atomic E-state index is 0.272. The van der Waals surface area contributed by atoms with E-state index >= 15 is 0 Å².